The first-order valence-electron chi connectivity index (χ1n) is 14.1. The lowest BCUT2D eigenvalue weighted by Crippen LogP contribution is -2.47. The molecule has 5 N–H and O–H groups in total. The molecule has 2 fully saturated rings. The molecule has 1 aromatic carbocycles. The van der Waals surface area contributed by atoms with Crippen LogP contribution in [0.15, 0.2) is 29.3 Å². The van der Waals surface area contributed by atoms with Gasteiger partial charge in [0.25, 0.3) is 5.91 Å². The molecule has 39 heavy (non-hydrogen) atoms. The van der Waals surface area contributed by atoms with Gasteiger partial charge < -0.3 is 19.7 Å². The molecule has 1 amide bonds. The van der Waals surface area contributed by atoms with Crippen molar-refractivity contribution < 1.29 is 15.7 Å². The Morgan fingerprint density at radius 3 is 2.46 bits per heavy atom. The van der Waals surface area contributed by atoms with Gasteiger partial charge in [-0.15, -0.1) is 0 Å². The number of nitrogens with zero attached hydrogens (tertiary/aromatic N) is 4. The second-order valence-corrected chi connectivity index (χ2v) is 10.3. The first-order valence-corrected chi connectivity index (χ1v) is 14.1. The summed E-state index contributed by atoms with van der Waals surface area (Å²) in [5, 5.41) is 8.11. The van der Waals surface area contributed by atoms with E-state index >= 15 is 0 Å². The molecule has 11 heteroatoms. The Labute approximate surface area is 232 Å². The highest BCUT2D eigenvalue weighted by atomic mass is 16.5. The molecule has 0 bridgehead atoms. The predicted octanol–water partition coefficient (Wildman–Crippen LogP) is 3.29. The van der Waals surface area contributed by atoms with Gasteiger partial charge in [0.05, 0.1) is 31.5 Å². The summed E-state index contributed by atoms with van der Waals surface area (Å²) in [5.74, 6) is 7.31. The topological polar surface area (TPSA) is 131 Å². The van der Waals surface area contributed by atoms with E-state index in [-0.39, 0.29) is 19.4 Å². The highest BCUT2D eigenvalue weighted by Gasteiger charge is 2.28. The number of carbonyl (C=O) groups excluding carboxylic acids is 1. The molecule has 1 saturated heterocycles. The van der Waals surface area contributed by atoms with Crippen molar-refractivity contribution in [2.45, 2.75) is 69.9 Å². The Morgan fingerprint density at radius 2 is 1.85 bits per heavy atom. The van der Waals surface area contributed by atoms with Gasteiger partial charge in [-0.25, -0.2) is 0 Å². The summed E-state index contributed by atoms with van der Waals surface area (Å²) in [6.45, 7) is 3.12. The fourth-order valence-corrected chi connectivity index (χ4v) is 5.74. The summed E-state index contributed by atoms with van der Waals surface area (Å²) in [4.78, 5) is 20.5. The molecule has 1 saturated carbocycles. The van der Waals surface area contributed by atoms with E-state index < -0.39 is 0 Å². The standard InChI is InChI=1S/C28H44N8O3.H2/c1-30-26(32-34-29)18-20(14-17-35-15-7-4-8-16-35)31-28(37)22-19-23(36(33-22)21-10-5-6-11-21)27-24(38-2)12-9-13-25(27)39-3;/h9,12-13,19-21,34H,4-8,10-11,14-18,29H2,1-3H3,(H,30,32)(H,31,37);1H/t20-;/m0./s1. The van der Waals surface area contributed by atoms with Gasteiger partial charge in [-0.2, -0.15) is 10.6 Å². The second-order valence-electron chi connectivity index (χ2n) is 10.3. The molecule has 0 spiro atoms. The lowest BCUT2D eigenvalue weighted by molar-refractivity contribution is 0.0925. The second kappa shape index (κ2) is 14.3. The highest BCUT2D eigenvalue weighted by Crippen LogP contribution is 2.41. The SMILES string of the molecule is CN=C(C[C@H](CCN1CCCCC1)NC(=O)c1cc(-c2c(OC)cccc2OC)n(C2CCCC2)n1)NNN.[HH]. The van der Waals surface area contributed by atoms with Crippen molar-refractivity contribution in [3.63, 3.8) is 0 Å². The van der Waals surface area contributed by atoms with Gasteiger partial charge >= 0.3 is 0 Å². The van der Waals surface area contributed by atoms with E-state index in [1.54, 1.807) is 21.3 Å². The van der Waals surface area contributed by atoms with Crippen LogP contribution in [0.3, 0.4) is 0 Å². The number of hydrazine groups is 2. The molecule has 1 atom stereocenters. The molecular weight excluding hydrogens is 496 g/mol. The van der Waals surface area contributed by atoms with E-state index in [2.05, 4.69) is 26.2 Å². The van der Waals surface area contributed by atoms with Crippen LogP contribution in [0.25, 0.3) is 11.3 Å². The normalized spacial score (nSPS) is 17.7. The largest absolute Gasteiger partial charge is 0.496 e. The molecule has 1 aliphatic carbocycles. The van der Waals surface area contributed by atoms with Crippen LogP contribution in [0.4, 0.5) is 0 Å². The molecule has 4 rings (SSSR count). The molecule has 2 heterocycles. The number of nitrogens with two attached hydrogens (primary N) is 1. The van der Waals surface area contributed by atoms with Gasteiger partial charge in [0.1, 0.15) is 17.3 Å². The third-order valence-corrected chi connectivity index (χ3v) is 7.83. The number of aliphatic imine (C=N–C) groups is 1. The fraction of sp³-hybridized carbons (Fsp3) is 0.607. The molecule has 1 aromatic heterocycles. The molecule has 0 radical (unpaired) electrons. The van der Waals surface area contributed by atoms with Gasteiger partial charge in [0.15, 0.2) is 5.69 Å². The first kappa shape index (κ1) is 28.8. The monoisotopic (exact) mass is 542 g/mol. The predicted molar refractivity (Wildman–Crippen MR) is 155 cm³/mol. The number of likely N-dealkylation sites (tertiary alicyclic amines) is 1. The Hall–Kier alpha value is -3.15. The minimum absolute atomic E-state index is 0. The number of nitrogens with one attached hydrogen (secondary N) is 3. The molecule has 216 valence electrons. The van der Waals surface area contributed by atoms with Crippen LogP contribution in [0.1, 0.15) is 75.7 Å². The zero-order valence-corrected chi connectivity index (χ0v) is 23.5. The summed E-state index contributed by atoms with van der Waals surface area (Å²) >= 11 is 0. The van der Waals surface area contributed by atoms with E-state index in [4.69, 9.17) is 20.4 Å². The minimum Gasteiger partial charge on any atom is -0.496 e. The minimum atomic E-state index is -0.207. The highest BCUT2D eigenvalue weighted by molar-refractivity contribution is 5.94. The summed E-state index contributed by atoms with van der Waals surface area (Å²) in [6, 6.07) is 7.66. The molecule has 2 aromatic rings. The van der Waals surface area contributed by atoms with Crippen molar-refractivity contribution in [2.75, 3.05) is 40.9 Å². The summed E-state index contributed by atoms with van der Waals surface area (Å²) < 4.78 is 13.4. The first-order chi connectivity index (χ1) is 19.1. The van der Waals surface area contributed by atoms with E-state index in [1.165, 1.54) is 19.3 Å². The van der Waals surface area contributed by atoms with Gasteiger partial charge in [-0.1, -0.05) is 25.3 Å². The number of rotatable bonds is 12. The lowest BCUT2D eigenvalue weighted by Gasteiger charge is -2.28. The van der Waals surface area contributed by atoms with Crippen LogP contribution in [0.2, 0.25) is 0 Å². The number of amidine groups is 1. The maximum Gasteiger partial charge on any atom is 0.272 e. The van der Waals surface area contributed by atoms with Crippen LogP contribution >= 0.6 is 0 Å². The van der Waals surface area contributed by atoms with Gasteiger partial charge in [-0.3, -0.25) is 25.7 Å². The third-order valence-electron chi connectivity index (χ3n) is 7.83. The maximum atomic E-state index is 13.7. The zero-order chi connectivity index (χ0) is 27.6. The molecule has 1 aliphatic heterocycles. The van der Waals surface area contributed by atoms with E-state index in [0.29, 0.717) is 29.4 Å². The molecule has 0 unspecified atom stereocenters. The van der Waals surface area contributed by atoms with Crippen molar-refractivity contribution in [1.82, 2.24) is 31.0 Å². The Kier molecular flexibility index (Phi) is 10.6. The molecule has 11 nitrogen and oxygen atoms in total. The number of benzene rings is 1. The number of hydrogen-bond acceptors (Lipinski definition) is 8. The van der Waals surface area contributed by atoms with Crippen LogP contribution in [-0.4, -0.2) is 73.4 Å². The van der Waals surface area contributed by atoms with Crippen molar-refractivity contribution in [1.29, 1.82) is 0 Å². The average Bonchev–Trinajstić information content (AvgIpc) is 3.66. The number of piperidine rings is 1. The fourth-order valence-electron chi connectivity index (χ4n) is 5.74. The summed E-state index contributed by atoms with van der Waals surface area (Å²) in [6.07, 6.45) is 9.42. The lowest BCUT2D eigenvalue weighted by atomic mass is 10.1. The summed E-state index contributed by atoms with van der Waals surface area (Å²) in [5.41, 5.74) is 7.35. The number of hydrogen-bond donors (Lipinski definition) is 4. The van der Waals surface area contributed by atoms with E-state index in [9.17, 15) is 4.79 Å². The maximum absolute atomic E-state index is 13.7. The van der Waals surface area contributed by atoms with Gasteiger partial charge in [-0.05, 0) is 63.4 Å². The zero-order valence-electron chi connectivity index (χ0n) is 23.5. The smallest absolute Gasteiger partial charge is 0.272 e. The van der Waals surface area contributed by atoms with Crippen LogP contribution < -0.4 is 31.6 Å². The Morgan fingerprint density at radius 1 is 1.15 bits per heavy atom. The Bertz CT molecular complexity index is 1090. The Balaban J connectivity index is 0.00000441. The summed E-state index contributed by atoms with van der Waals surface area (Å²) in [7, 11) is 5.00. The number of methoxy groups -OCH3 is 2. The molecular formula is C28H46N8O3. The quantitative estimate of drug-likeness (QED) is 0.139. The number of carbonyl (C=O) groups is 1. The van der Waals surface area contributed by atoms with Crippen molar-refractivity contribution in [3.8, 4) is 22.8 Å². The van der Waals surface area contributed by atoms with Crippen molar-refractivity contribution in [3.05, 3.63) is 30.0 Å². The van der Waals surface area contributed by atoms with Crippen LogP contribution in [-0.2, 0) is 0 Å². The average molecular weight is 543 g/mol. The number of ether oxygens (including phenoxy) is 2. The van der Waals surface area contributed by atoms with Crippen LogP contribution in [0.5, 0.6) is 11.5 Å². The van der Waals surface area contributed by atoms with Crippen molar-refractivity contribution >= 4 is 11.7 Å². The third kappa shape index (κ3) is 7.28. The number of amides is 1. The molecule has 2 aliphatic rings. The van der Waals surface area contributed by atoms with E-state index in [0.717, 1.165) is 63.0 Å². The van der Waals surface area contributed by atoms with Gasteiger partial charge in [0.2, 0.25) is 0 Å². The van der Waals surface area contributed by atoms with Gasteiger partial charge in [0, 0.05) is 27.5 Å². The van der Waals surface area contributed by atoms with E-state index in [1.807, 2.05) is 28.9 Å². The van der Waals surface area contributed by atoms with Crippen LogP contribution in [0, 0.1) is 0 Å². The number of aromatic nitrogens is 2. The van der Waals surface area contributed by atoms with Crippen molar-refractivity contribution in [2.24, 2.45) is 10.8 Å².